The van der Waals surface area contributed by atoms with E-state index < -0.39 is 46.6 Å². The second kappa shape index (κ2) is 6.72. The van der Waals surface area contributed by atoms with Crippen molar-refractivity contribution >= 4 is 16.0 Å². The summed E-state index contributed by atoms with van der Waals surface area (Å²) in [7, 11) is -3.01. The monoisotopic (exact) mass is 365 g/mol. The van der Waals surface area contributed by atoms with Crippen LogP contribution in [0.1, 0.15) is 13.3 Å². The van der Waals surface area contributed by atoms with E-state index in [2.05, 4.69) is 4.74 Å². The number of ether oxygens (including phenoxy) is 1. The maximum atomic E-state index is 12.9. The highest BCUT2D eigenvalue weighted by Gasteiger charge is 2.56. The van der Waals surface area contributed by atoms with Crippen molar-refractivity contribution in [3.05, 3.63) is 30.3 Å². The van der Waals surface area contributed by atoms with Gasteiger partial charge in [-0.2, -0.15) is 17.5 Å². The molecule has 0 spiro atoms. The summed E-state index contributed by atoms with van der Waals surface area (Å²) in [4.78, 5) is 11.5. The van der Waals surface area contributed by atoms with E-state index in [0.717, 1.165) is 11.4 Å². The Balaban J connectivity index is 2.32. The SMILES string of the molecule is COC(=O)CN(C1C[C@@H](C(F)(F)F)C1C)S(=O)(=O)c1ccccc1. The number of carbonyl (C=O) groups is 1. The Morgan fingerprint density at radius 3 is 2.33 bits per heavy atom. The number of sulfonamides is 1. The second-order valence-corrected chi connectivity index (χ2v) is 7.64. The third-order valence-electron chi connectivity index (χ3n) is 4.39. The third kappa shape index (κ3) is 3.56. The first-order chi connectivity index (χ1) is 11.1. The van der Waals surface area contributed by atoms with Crippen LogP contribution < -0.4 is 0 Å². The van der Waals surface area contributed by atoms with Crippen LogP contribution in [0.25, 0.3) is 0 Å². The molecule has 0 aromatic heterocycles. The van der Waals surface area contributed by atoms with Gasteiger partial charge in [-0.15, -0.1) is 0 Å². The number of hydrogen-bond donors (Lipinski definition) is 0. The van der Waals surface area contributed by atoms with Gasteiger partial charge in [0.05, 0.1) is 17.9 Å². The molecule has 0 bridgehead atoms. The summed E-state index contributed by atoms with van der Waals surface area (Å²) in [5.41, 5.74) is 0. The number of alkyl halides is 3. The zero-order valence-corrected chi connectivity index (χ0v) is 14.0. The Morgan fingerprint density at radius 1 is 1.29 bits per heavy atom. The summed E-state index contributed by atoms with van der Waals surface area (Å²) in [6, 6.07) is 6.41. The Kier molecular flexibility index (Phi) is 5.24. The lowest BCUT2D eigenvalue weighted by molar-refractivity contribution is -0.223. The van der Waals surface area contributed by atoms with Crippen molar-refractivity contribution in [3.63, 3.8) is 0 Å². The van der Waals surface area contributed by atoms with Crippen LogP contribution in [0.5, 0.6) is 0 Å². The molecule has 1 aromatic carbocycles. The number of carbonyl (C=O) groups excluding carboxylic acids is 1. The Hall–Kier alpha value is -1.61. The first kappa shape index (κ1) is 18.7. The van der Waals surface area contributed by atoms with Crippen LogP contribution in [0, 0.1) is 11.8 Å². The highest BCUT2D eigenvalue weighted by Crippen LogP contribution is 2.48. The van der Waals surface area contributed by atoms with Gasteiger partial charge in [-0.1, -0.05) is 25.1 Å². The molecule has 3 atom stereocenters. The van der Waals surface area contributed by atoms with Gasteiger partial charge in [0.15, 0.2) is 0 Å². The maximum absolute atomic E-state index is 12.9. The van der Waals surface area contributed by atoms with E-state index in [1.54, 1.807) is 6.07 Å². The number of halogens is 3. The maximum Gasteiger partial charge on any atom is 0.392 e. The molecule has 9 heteroatoms. The van der Waals surface area contributed by atoms with E-state index >= 15 is 0 Å². The molecular weight excluding hydrogens is 347 g/mol. The average Bonchev–Trinajstić information content (AvgIpc) is 2.51. The van der Waals surface area contributed by atoms with Crippen LogP contribution in [-0.4, -0.2) is 44.6 Å². The molecule has 0 aliphatic heterocycles. The van der Waals surface area contributed by atoms with E-state index in [9.17, 15) is 26.4 Å². The number of nitrogens with zero attached hydrogens (tertiary/aromatic N) is 1. The minimum Gasteiger partial charge on any atom is -0.468 e. The number of benzene rings is 1. The summed E-state index contributed by atoms with van der Waals surface area (Å²) >= 11 is 0. The standard InChI is InChI=1S/C15H18F3NO4S/c1-10-12(15(16,17)18)8-13(10)19(9-14(20)23-2)24(21,22)11-6-4-3-5-7-11/h3-7,10,12-13H,8-9H2,1-2H3/t10?,12-,13?/m1/s1. The smallest absolute Gasteiger partial charge is 0.392 e. The zero-order chi connectivity index (χ0) is 18.1. The summed E-state index contributed by atoms with van der Waals surface area (Å²) in [5, 5.41) is 0. The molecule has 0 amide bonds. The van der Waals surface area contributed by atoms with Crippen LogP contribution in [0.3, 0.4) is 0 Å². The average molecular weight is 365 g/mol. The van der Waals surface area contributed by atoms with Crippen LogP contribution in [0.15, 0.2) is 35.2 Å². The van der Waals surface area contributed by atoms with Gasteiger partial charge in [0.2, 0.25) is 10.0 Å². The van der Waals surface area contributed by atoms with E-state index in [-0.39, 0.29) is 11.3 Å². The molecule has 0 heterocycles. The molecule has 1 aliphatic carbocycles. The van der Waals surface area contributed by atoms with E-state index in [1.807, 2.05) is 0 Å². The molecule has 24 heavy (non-hydrogen) atoms. The second-order valence-electron chi connectivity index (χ2n) is 5.75. The van der Waals surface area contributed by atoms with Gasteiger partial charge >= 0.3 is 12.1 Å². The molecule has 1 fully saturated rings. The lowest BCUT2D eigenvalue weighted by Crippen LogP contribution is -2.58. The summed E-state index contributed by atoms with van der Waals surface area (Å²) < 4.78 is 69.5. The third-order valence-corrected chi connectivity index (χ3v) is 6.27. The summed E-state index contributed by atoms with van der Waals surface area (Å²) in [6.07, 6.45) is -4.75. The number of rotatable bonds is 5. The van der Waals surface area contributed by atoms with Crippen LogP contribution in [0.2, 0.25) is 0 Å². The fourth-order valence-corrected chi connectivity index (χ4v) is 4.56. The minimum absolute atomic E-state index is 0.0726. The van der Waals surface area contributed by atoms with Gasteiger partial charge in [-0.25, -0.2) is 8.42 Å². The van der Waals surface area contributed by atoms with Crippen LogP contribution in [0.4, 0.5) is 13.2 Å². The van der Waals surface area contributed by atoms with Crippen molar-refractivity contribution in [1.82, 2.24) is 4.31 Å². The van der Waals surface area contributed by atoms with Crippen molar-refractivity contribution < 1.29 is 31.1 Å². The topological polar surface area (TPSA) is 63.7 Å². The highest BCUT2D eigenvalue weighted by atomic mass is 32.2. The largest absolute Gasteiger partial charge is 0.468 e. The van der Waals surface area contributed by atoms with Crippen LogP contribution >= 0.6 is 0 Å². The van der Waals surface area contributed by atoms with Crippen molar-refractivity contribution in [3.8, 4) is 0 Å². The normalized spacial score (nSPS) is 24.5. The highest BCUT2D eigenvalue weighted by molar-refractivity contribution is 7.89. The molecule has 5 nitrogen and oxygen atoms in total. The molecule has 2 unspecified atom stereocenters. The van der Waals surface area contributed by atoms with Crippen molar-refractivity contribution in [2.24, 2.45) is 11.8 Å². The predicted molar refractivity (Wildman–Crippen MR) is 79.5 cm³/mol. The van der Waals surface area contributed by atoms with E-state index in [1.165, 1.54) is 31.2 Å². The van der Waals surface area contributed by atoms with Gasteiger partial charge in [-0.3, -0.25) is 4.79 Å². The Bertz CT molecular complexity index is 690. The first-order valence-corrected chi connectivity index (χ1v) is 8.73. The molecule has 2 rings (SSSR count). The Morgan fingerprint density at radius 2 is 1.88 bits per heavy atom. The van der Waals surface area contributed by atoms with Crippen molar-refractivity contribution in [1.29, 1.82) is 0 Å². The number of methoxy groups -OCH3 is 1. The summed E-state index contributed by atoms with van der Waals surface area (Å²) in [5.74, 6) is -3.33. The summed E-state index contributed by atoms with van der Waals surface area (Å²) in [6.45, 7) is 0.727. The molecule has 1 aromatic rings. The van der Waals surface area contributed by atoms with Gasteiger partial charge in [0.25, 0.3) is 0 Å². The molecule has 1 saturated carbocycles. The van der Waals surface area contributed by atoms with E-state index in [0.29, 0.717) is 0 Å². The van der Waals surface area contributed by atoms with Crippen molar-refractivity contribution in [2.45, 2.75) is 30.5 Å². The van der Waals surface area contributed by atoms with Gasteiger partial charge in [-0.05, 0) is 24.5 Å². The first-order valence-electron chi connectivity index (χ1n) is 7.29. The molecule has 134 valence electrons. The quantitative estimate of drug-likeness (QED) is 0.752. The number of hydrogen-bond acceptors (Lipinski definition) is 4. The van der Waals surface area contributed by atoms with Gasteiger partial charge in [0, 0.05) is 6.04 Å². The molecule has 1 aliphatic rings. The Labute approximate surface area is 138 Å². The predicted octanol–water partition coefficient (Wildman–Crippen LogP) is 2.44. The van der Waals surface area contributed by atoms with Gasteiger partial charge in [0.1, 0.15) is 6.54 Å². The van der Waals surface area contributed by atoms with Crippen LogP contribution in [-0.2, 0) is 19.6 Å². The fraction of sp³-hybridized carbons (Fsp3) is 0.533. The van der Waals surface area contributed by atoms with E-state index in [4.69, 9.17) is 0 Å². The molecule has 0 N–H and O–H groups in total. The minimum atomic E-state index is -4.39. The lowest BCUT2D eigenvalue weighted by atomic mass is 9.70. The molecule has 0 saturated heterocycles. The van der Waals surface area contributed by atoms with Gasteiger partial charge < -0.3 is 4.74 Å². The lowest BCUT2D eigenvalue weighted by Gasteiger charge is -2.47. The number of esters is 1. The van der Waals surface area contributed by atoms with Crippen molar-refractivity contribution in [2.75, 3.05) is 13.7 Å². The zero-order valence-electron chi connectivity index (χ0n) is 13.2. The molecule has 0 radical (unpaired) electrons. The molecular formula is C15H18F3NO4S. The fourth-order valence-electron chi connectivity index (χ4n) is 2.87.